The molecule has 0 spiro atoms. The van der Waals surface area contributed by atoms with Crippen molar-refractivity contribution in [2.75, 3.05) is 37.4 Å². The summed E-state index contributed by atoms with van der Waals surface area (Å²) in [6.07, 6.45) is -7.07. The minimum atomic E-state index is -4.47. The van der Waals surface area contributed by atoms with E-state index in [4.69, 9.17) is 4.74 Å². The molecule has 3 atom stereocenters. The van der Waals surface area contributed by atoms with E-state index in [1.165, 1.54) is 28.0 Å². The van der Waals surface area contributed by atoms with Crippen molar-refractivity contribution in [3.05, 3.63) is 66.2 Å². The molecule has 0 aliphatic carbocycles. The van der Waals surface area contributed by atoms with E-state index >= 15 is 0 Å². The van der Waals surface area contributed by atoms with Crippen LogP contribution < -0.4 is 15.4 Å². The predicted octanol–water partition coefficient (Wildman–Crippen LogP) is 5.50. The largest absolute Gasteiger partial charge is 0.487 e. The molecular weight excluding hydrogens is 565 g/mol. The molecule has 0 radical (unpaired) electrons. The monoisotopic (exact) mass is 600 g/mol. The van der Waals surface area contributed by atoms with Crippen LogP contribution in [0.2, 0.25) is 0 Å². The van der Waals surface area contributed by atoms with Crippen LogP contribution in [-0.2, 0) is 4.79 Å². The van der Waals surface area contributed by atoms with E-state index in [0.717, 1.165) is 10.8 Å². The molecule has 0 aromatic heterocycles. The molecule has 4 rings (SSSR count). The number of hydrogen-bond donors (Lipinski definition) is 3. The number of anilines is 2. The van der Waals surface area contributed by atoms with E-state index < -0.39 is 43.0 Å². The van der Waals surface area contributed by atoms with Gasteiger partial charge < -0.3 is 30.3 Å². The highest BCUT2D eigenvalue weighted by Gasteiger charge is 2.34. The molecule has 43 heavy (non-hydrogen) atoms. The molecule has 12 heteroatoms. The molecular formula is C31H35F3N4O5. The van der Waals surface area contributed by atoms with Gasteiger partial charge in [-0.15, -0.1) is 0 Å². The average Bonchev–Trinajstić information content (AvgIpc) is 2.97. The maximum atomic E-state index is 13.6. The van der Waals surface area contributed by atoms with Crippen molar-refractivity contribution < 1.29 is 37.4 Å². The molecule has 1 heterocycles. The van der Waals surface area contributed by atoms with Crippen LogP contribution in [0.1, 0.15) is 37.0 Å². The number of alkyl halides is 3. The van der Waals surface area contributed by atoms with Crippen molar-refractivity contribution in [2.24, 2.45) is 5.92 Å². The number of benzene rings is 3. The molecule has 0 fully saturated rings. The summed E-state index contributed by atoms with van der Waals surface area (Å²) < 4.78 is 43.9. The smallest absolute Gasteiger partial charge is 0.389 e. The van der Waals surface area contributed by atoms with Crippen LogP contribution in [0.15, 0.2) is 60.7 Å². The highest BCUT2D eigenvalue weighted by atomic mass is 19.4. The second-order valence-electron chi connectivity index (χ2n) is 10.8. The maximum absolute atomic E-state index is 13.6. The van der Waals surface area contributed by atoms with Crippen molar-refractivity contribution in [2.45, 2.75) is 45.0 Å². The first kappa shape index (κ1) is 31.6. The fourth-order valence-electron chi connectivity index (χ4n) is 4.89. The van der Waals surface area contributed by atoms with Crippen LogP contribution in [0, 0.1) is 5.92 Å². The zero-order valence-corrected chi connectivity index (χ0v) is 24.1. The number of rotatable bonds is 8. The van der Waals surface area contributed by atoms with Crippen LogP contribution in [0.3, 0.4) is 0 Å². The second-order valence-corrected chi connectivity index (χ2v) is 10.8. The number of carbonyl (C=O) groups excluding carboxylic acids is 3. The highest BCUT2D eigenvalue weighted by Crippen LogP contribution is 2.31. The Labute approximate surface area is 247 Å². The first-order valence-electron chi connectivity index (χ1n) is 13.9. The van der Waals surface area contributed by atoms with Gasteiger partial charge in [0.1, 0.15) is 11.9 Å². The number of nitrogens with zero attached hydrogens (tertiary/aromatic N) is 2. The van der Waals surface area contributed by atoms with Crippen LogP contribution >= 0.6 is 0 Å². The lowest BCUT2D eigenvalue weighted by Gasteiger charge is -2.38. The van der Waals surface area contributed by atoms with Crippen molar-refractivity contribution in [3.63, 3.8) is 0 Å². The minimum Gasteiger partial charge on any atom is -0.487 e. The second kappa shape index (κ2) is 13.3. The minimum absolute atomic E-state index is 0.0775. The maximum Gasteiger partial charge on any atom is 0.389 e. The molecule has 1 aliphatic heterocycles. The quantitative estimate of drug-likeness (QED) is 0.316. The Balaban J connectivity index is 1.55. The number of likely N-dealkylation sites (N-methyl/N-ethyl adjacent to an activating group) is 1. The highest BCUT2D eigenvalue weighted by molar-refractivity contribution is 6.02. The molecule has 0 bridgehead atoms. The number of ether oxygens (including phenoxy) is 1. The van der Waals surface area contributed by atoms with E-state index in [1.54, 1.807) is 14.0 Å². The van der Waals surface area contributed by atoms with Gasteiger partial charge in [-0.05, 0) is 36.6 Å². The van der Waals surface area contributed by atoms with Crippen molar-refractivity contribution in [1.82, 2.24) is 9.80 Å². The summed E-state index contributed by atoms with van der Waals surface area (Å²) in [6.45, 7) is 3.62. The van der Waals surface area contributed by atoms with Crippen LogP contribution in [-0.4, -0.2) is 77.8 Å². The zero-order chi connectivity index (χ0) is 31.3. The molecule has 3 aromatic rings. The van der Waals surface area contributed by atoms with Gasteiger partial charge in [-0.1, -0.05) is 43.3 Å². The van der Waals surface area contributed by atoms with Crippen molar-refractivity contribution in [3.8, 4) is 5.75 Å². The number of fused-ring (bicyclic) bond motifs is 2. The number of hydrogen-bond acceptors (Lipinski definition) is 5. The fraction of sp³-hybridized carbons (Fsp3) is 0.387. The fourth-order valence-corrected chi connectivity index (χ4v) is 4.89. The summed E-state index contributed by atoms with van der Waals surface area (Å²) in [5, 5.41) is 17.1. The van der Waals surface area contributed by atoms with Crippen LogP contribution in [0.4, 0.5) is 29.3 Å². The van der Waals surface area contributed by atoms with Gasteiger partial charge >= 0.3 is 12.2 Å². The molecule has 4 amide bonds. The van der Waals surface area contributed by atoms with Gasteiger partial charge in [0, 0.05) is 37.0 Å². The van der Waals surface area contributed by atoms with Gasteiger partial charge in [-0.25, -0.2) is 4.79 Å². The molecule has 1 aliphatic rings. The topological polar surface area (TPSA) is 111 Å². The van der Waals surface area contributed by atoms with E-state index in [1.807, 2.05) is 49.4 Å². The first-order chi connectivity index (χ1) is 20.4. The summed E-state index contributed by atoms with van der Waals surface area (Å²) in [4.78, 5) is 41.9. The van der Waals surface area contributed by atoms with E-state index in [9.17, 15) is 32.7 Å². The molecule has 3 aromatic carbocycles. The third-order valence-corrected chi connectivity index (χ3v) is 7.42. The zero-order valence-electron chi connectivity index (χ0n) is 24.1. The number of aliphatic hydroxyl groups is 1. The Bertz CT molecular complexity index is 1480. The number of nitrogens with one attached hydrogen (secondary N) is 2. The van der Waals surface area contributed by atoms with Gasteiger partial charge in [-0.3, -0.25) is 9.59 Å². The van der Waals surface area contributed by atoms with Gasteiger partial charge in [0.15, 0.2) is 0 Å². The molecule has 3 N–H and O–H groups in total. The normalized spacial score (nSPS) is 17.7. The van der Waals surface area contributed by atoms with Gasteiger partial charge in [-0.2, -0.15) is 13.2 Å². The van der Waals surface area contributed by atoms with Gasteiger partial charge in [0.25, 0.3) is 5.91 Å². The van der Waals surface area contributed by atoms with Crippen molar-refractivity contribution >= 4 is 40.0 Å². The first-order valence-corrected chi connectivity index (χ1v) is 13.9. The van der Waals surface area contributed by atoms with Gasteiger partial charge in [0.05, 0.1) is 36.9 Å². The predicted molar refractivity (Wildman–Crippen MR) is 157 cm³/mol. The summed E-state index contributed by atoms with van der Waals surface area (Å²) in [5.41, 5.74) is 0.871. The molecule has 230 valence electrons. The Morgan fingerprint density at radius 3 is 2.56 bits per heavy atom. The van der Waals surface area contributed by atoms with E-state index in [2.05, 4.69) is 10.6 Å². The van der Waals surface area contributed by atoms with Crippen LogP contribution in [0.25, 0.3) is 10.8 Å². The third-order valence-electron chi connectivity index (χ3n) is 7.42. The SMILES string of the molecule is C[C@@H]1CN([C@H](C)CO)C(=O)c2cc(NC(=O)CCC(F)(F)F)ccc2O[C@H]1CN(C)C(=O)Nc1cccc2ccccc12. The van der Waals surface area contributed by atoms with E-state index in [-0.39, 0.29) is 48.6 Å². The summed E-state index contributed by atoms with van der Waals surface area (Å²) in [6, 6.07) is 16.7. The molecule has 9 nitrogen and oxygen atoms in total. The van der Waals surface area contributed by atoms with Crippen molar-refractivity contribution in [1.29, 1.82) is 0 Å². The average molecular weight is 601 g/mol. The Kier molecular flexibility index (Phi) is 9.80. The summed E-state index contributed by atoms with van der Waals surface area (Å²) in [5.74, 6) is -1.38. The lowest BCUT2D eigenvalue weighted by Crippen LogP contribution is -2.50. The third kappa shape index (κ3) is 7.95. The Morgan fingerprint density at radius 1 is 1.12 bits per heavy atom. The number of urea groups is 1. The Hall–Kier alpha value is -4.32. The van der Waals surface area contributed by atoms with Crippen LogP contribution in [0.5, 0.6) is 5.75 Å². The lowest BCUT2D eigenvalue weighted by molar-refractivity contribution is -0.142. The number of amides is 4. The molecule has 0 unspecified atom stereocenters. The molecule has 0 saturated heterocycles. The number of halogens is 3. The standard InChI is InChI=1S/C31H35F3N4O5/c1-19-16-38(20(2)18-39)29(41)24-15-22(35-28(40)13-14-31(32,33)34)11-12-26(24)43-27(19)17-37(3)30(42)36-25-10-6-8-21-7-4-5-9-23(21)25/h4-12,15,19-20,27,39H,13-14,16-18H2,1-3H3,(H,35,40)(H,36,42)/t19-,20-,27+/m1/s1. The lowest BCUT2D eigenvalue weighted by atomic mass is 9.99. The Morgan fingerprint density at radius 2 is 1.84 bits per heavy atom. The summed E-state index contributed by atoms with van der Waals surface area (Å²) in [7, 11) is 1.63. The summed E-state index contributed by atoms with van der Waals surface area (Å²) >= 11 is 0. The van der Waals surface area contributed by atoms with E-state index in [0.29, 0.717) is 5.69 Å². The van der Waals surface area contributed by atoms with Gasteiger partial charge in [0.2, 0.25) is 5.91 Å². The number of aliphatic hydroxyl groups excluding tert-OH is 1. The number of carbonyl (C=O) groups is 3. The molecule has 0 saturated carbocycles.